The van der Waals surface area contributed by atoms with Crippen molar-refractivity contribution in [1.29, 1.82) is 0 Å². The zero-order chi connectivity index (χ0) is 24.5. The van der Waals surface area contributed by atoms with Crippen LogP contribution in [0.1, 0.15) is 98.8 Å². The topological polar surface area (TPSA) is 35.5 Å². The standard InChI is InChI=1S/C29H44O3/c1-11-28(7,8)23-19-24(27(32-14-4)25(20-23)29(9,10)12-2)22(6)17-15-16-21(5)18-26(30)31-13-3/h15-20H,11-14H2,1-10H3/b16-15+,21-18+,22-17-. The zero-order valence-electron chi connectivity index (χ0n) is 22.0. The van der Waals surface area contributed by atoms with E-state index < -0.39 is 0 Å². The molecular formula is C29H44O3. The van der Waals surface area contributed by atoms with Gasteiger partial charge in [-0.05, 0) is 74.1 Å². The van der Waals surface area contributed by atoms with Crippen molar-refractivity contribution in [3.8, 4) is 5.75 Å². The largest absolute Gasteiger partial charge is 0.493 e. The van der Waals surface area contributed by atoms with E-state index in [1.54, 1.807) is 6.92 Å². The van der Waals surface area contributed by atoms with Crippen LogP contribution in [0.5, 0.6) is 5.75 Å². The number of esters is 1. The van der Waals surface area contributed by atoms with Crippen LogP contribution in [0.2, 0.25) is 0 Å². The molecule has 1 aromatic carbocycles. The van der Waals surface area contributed by atoms with Crippen LogP contribution in [0, 0.1) is 0 Å². The third kappa shape index (κ3) is 7.39. The van der Waals surface area contributed by atoms with Crippen LogP contribution in [0.15, 0.2) is 42.0 Å². The van der Waals surface area contributed by atoms with Crippen LogP contribution in [0.4, 0.5) is 0 Å². The SMILES string of the molecule is CCOC(=O)/C=C(C)/C=C/C=C(/C)c1cc(C(C)(C)CC)cc(C(C)(C)CC)c1OCC. The maximum Gasteiger partial charge on any atom is 0.330 e. The third-order valence-corrected chi connectivity index (χ3v) is 6.42. The van der Waals surface area contributed by atoms with Crippen molar-refractivity contribution in [2.24, 2.45) is 0 Å². The van der Waals surface area contributed by atoms with Crippen LogP contribution in [0.25, 0.3) is 5.57 Å². The maximum atomic E-state index is 11.6. The number of carbonyl (C=O) groups excluding carboxylic acids is 1. The smallest absolute Gasteiger partial charge is 0.330 e. The first-order valence-electron chi connectivity index (χ1n) is 12.0. The van der Waals surface area contributed by atoms with Gasteiger partial charge in [0.2, 0.25) is 0 Å². The minimum atomic E-state index is -0.310. The molecule has 0 radical (unpaired) electrons. The predicted molar refractivity (Wildman–Crippen MR) is 137 cm³/mol. The Bertz CT molecular complexity index is 867. The number of carbonyl (C=O) groups is 1. The average molecular weight is 441 g/mol. The lowest BCUT2D eigenvalue weighted by Crippen LogP contribution is -2.22. The van der Waals surface area contributed by atoms with E-state index in [0.717, 1.165) is 35.3 Å². The predicted octanol–water partition coefficient (Wildman–Crippen LogP) is 7.93. The highest BCUT2D eigenvalue weighted by Crippen LogP contribution is 2.43. The third-order valence-electron chi connectivity index (χ3n) is 6.42. The lowest BCUT2D eigenvalue weighted by molar-refractivity contribution is -0.137. The summed E-state index contributed by atoms with van der Waals surface area (Å²) >= 11 is 0. The summed E-state index contributed by atoms with van der Waals surface area (Å²) in [5.41, 5.74) is 5.82. The lowest BCUT2D eigenvalue weighted by atomic mass is 9.74. The molecule has 0 unspecified atom stereocenters. The number of rotatable bonds is 11. The summed E-state index contributed by atoms with van der Waals surface area (Å²) in [5, 5.41) is 0. The molecule has 3 heteroatoms. The van der Waals surface area contributed by atoms with Crippen molar-refractivity contribution in [3.05, 3.63) is 58.7 Å². The molecule has 0 aliphatic heterocycles. The molecule has 0 spiro atoms. The Morgan fingerprint density at radius 1 is 0.938 bits per heavy atom. The number of allylic oxidation sites excluding steroid dienone is 5. The number of hydrogen-bond donors (Lipinski definition) is 0. The molecule has 0 fully saturated rings. The van der Waals surface area contributed by atoms with E-state index in [1.807, 2.05) is 26.0 Å². The van der Waals surface area contributed by atoms with Crippen molar-refractivity contribution < 1.29 is 14.3 Å². The second-order valence-electron chi connectivity index (χ2n) is 9.66. The second kappa shape index (κ2) is 12.1. The summed E-state index contributed by atoms with van der Waals surface area (Å²) in [7, 11) is 0. The summed E-state index contributed by atoms with van der Waals surface area (Å²) < 4.78 is 11.2. The number of hydrogen-bond acceptors (Lipinski definition) is 3. The normalized spacial score (nSPS) is 13.6. The van der Waals surface area contributed by atoms with E-state index in [9.17, 15) is 4.79 Å². The van der Waals surface area contributed by atoms with Gasteiger partial charge in [0.25, 0.3) is 0 Å². The summed E-state index contributed by atoms with van der Waals surface area (Å²) in [6.45, 7) is 22.5. The van der Waals surface area contributed by atoms with Crippen molar-refractivity contribution in [1.82, 2.24) is 0 Å². The Morgan fingerprint density at radius 3 is 2.09 bits per heavy atom. The van der Waals surface area contributed by atoms with Crippen LogP contribution < -0.4 is 4.74 Å². The maximum absolute atomic E-state index is 11.6. The van der Waals surface area contributed by atoms with Gasteiger partial charge >= 0.3 is 5.97 Å². The molecule has 0 aliphatic carbocycles. The van der Waals surface area contributed by atoms with Crippen LogP contribution >= 0.6 is 0 Å². The minimum Gasteiger partial charge on any atom is -0.493 e. The van der Waals surface area contributed by atoms with Crippen LogP contribution in [-0.4, -0.2) is 19.2 Å². The van der Waals surface area contributed by atoms with Crippen molar-refractivity contribution in [2.45, 2.75) is 92.9 Å². The molecule has 0 atom stereocenters. The summed E-state index contributed by atoms with van der Waals surface area (Å²) in [4.78, 5) is 11.6. The first kappa shape index (κ1) is 27.7. The average Bonchev–Trinajstić information content (AvgIpc) is 2.73. The Kier molecular flexibility index (Phi) is 10.5. The molecule has 0 aromatic heterocycles. The highest BCUT2D eigenvalue weighted by atomic mass is 16.5. The molecule has 0 N–H and O–H groups in total. The molecular weight excluding hydrogens is 396 g/mol. The van der Waals surface area contributed by atoms with E-state index in [0.29, 0.717) is 13.2 Å². The molecule has 0 saturated heterocycles. The van der Waals surface area contributed by atoms with E-state index >= 15 is 0 Å². The van der Waals surface area contributed by atoms with Gasteiger partial charge in [0.15, 0.2) is 0 Å². The van der Waals surface area contributed by atoms with E-state index in [-0.39, 0.29) is 16.8 Å². The van der Waals surface area contributed by atoms with Gasteiger partial charge in [0.1, 0.15) is 5.75 Å². The van der Waals surface area contributed by atoms with Gasteiger partial charge in [-0.2, -0.15) is 0 Å². The van der Waals surface area contributed by atoms with Crippen molar-refractivity contribution >= 4 is 11.5 Å². The van der Waals surface area contributed by atoms with Gasteiger partial charge in [0, 0.05) is 17.2 Å². The van der Waals surface area contributed by atoms with Gasteiger partial charge in [-0.1, -0.05) is 65.8 Å². The molecule has 0 bridgehead atoms. The Hall–Kier alpha value is -2.29. The first-order chi connectivity index (χ1) is 14.9. The van der Waals surface area contributed by atoms with Crippen molar-refractivity contribution in [3.63, 3.8) is 0 Å². The Morgan fingerprint density at radius 2 is 1.56 bits per heavy atom. The molecule has 1 aromatic rings. The van der Waals surface area contributed by atoms with Crippen LogP contribution in [0.3, 0.4) is 0 Å². The van der Waals surface area contributed by atoms with Gasteiger partial charge in [-0.25, -0.2) is 4.79 Å². The molecule has 1 rings (SSSR count). The Balaban J connectivity index is 3.59. The quantitative estimate of drug-likeness (QED) is 0.199. The summed E-state index contributed by atoms with van der Waals surface area (Å²) in [6.07, 6.45) is 9.61. The fourth-order valence-electron chi connectivity index (χ4n) is 3.36. The lowest BCUT2D eigenvalue weighted by Gasteiger charge is -2.32. The summed E-state index contributed by atoms with van der Waals surface area (Å²) in [6, 6.07) is 4.65. The molecule has 0 saturated carbocycles. The monoisotopic (exact) mass is 440 g/mol. The first-order valence-corrected chi connectivity index (χ1v) is 12.0. The van der Waals surface area contributed by atoms with Gasteiger partial charge in [-0.15, -0.1) is 0 Å². The highest BCUT2D eigenvalue weighted by molar-refractivity contribution is 5.83. The minimum absolute atomic E-state index is 0.00810. The van der Waals surface area contributed by atoms with E-state index in [4.69, 9.17) is 9.47 Å². The van der Waals surface area contributed by atoms with E-state index in [2.05, 4.69) is 66.7 Å². The zero-order valence-corrected chi connectivity index (χ0v) is 22.0. The van der Waals surface area contributed by atoms with E-state index in [1.165, 1.54) is 17.2 Å². The summed E-state index contributed by atoms with van der Waals surface area (Å²) in [5.74, 6) is 0.672. The number of benzene rings is 1. The fourth-order valence-corrected chi connectivity index (χ4v) is 3.36. The van der Waals surface area contributed by atoms with Gasteiger partial charge in [-0.3, -0.25) is 0 Å². The number of ether oxygens (including phenoxy) is 2. The molecule has 3 nitrogen and oxygen atoms in total. The second-order valence-corrected chi connectivity index (χ2v) is 9.66. The highest BCUT2D eigenvalue weighted by Gasteiger charge is 2.29. The van der Waals surface area contributed by atoms with Crippen molar-refractivity contribution in [2.75, 3.05) is 13.2 Å². The molecule has 32 heavy (non-hydrogen) atoms. The molecule has 0 aliphatic rings. The van der Waals surface area contributed by atoms with Gasteiger partial charge < -0.3 is 9.47 Å². The molecule has 0 amide bonds. The van der Waals surface area contributed by atoms with Crippen LogP contribution in [-0.2, 0) is 20.4 Å². The molecule has 178 valence electrons. The van der Waals surface area contributed by atoms with Gasteiger partial charge in [0.05, 0.1) is 13.2 Å². The molecule has 0 heterocycles. The Labute approximate surface area is 196 Å². The fraction of sp³-hybridized carbons (Fsp3) is 0.552.